The zero-order valence-electron chi connectivity index (χ0n) is 24.5. The Morgan fingerprint density at radius 2 is 1.77 bits per heavy atom. The number of methoxy groups -OCH3 is 1. The van der Waals surface area contributed by atoms with E-state index in [1.54, 1.807) is 24.9 Å². The number of aromatic amines is 1. The lowest BCUT2D eigenvalue weighted by atomic mass is 9.88. The average molecular weight is 568 g/mol. The smallest absolute Gasteiger partial charge is 0.269 e. The Bertz CT molecular complexity index is 1370. The van der Waals surface area contributed by atoms with E-state index in [1.807, 2.05) is 32.0 Å². The molecule has 2 N–H and O–H groups in total. The number of rotatable bonds is 10. The number of ether oxygens (including phenoxy) is 1. The van der Waals surface area contributed by atoms with Gasteiger partial charge in [0.1, 0.15) is 5.75 Å². The summed E-state index contributed by atoms with van der Waals surface area (Å²) in [5.74, 6) is 0.647. The van der Waals surface area contributed by atoms with Crippen LogP contribution in [0.15, 0.2) is 41.2 Å². The monoisotopic (exact) mass is 567 g/mol. The van der Waals surface area contributed by atoms with Gasteiger partial charge in [0.25, 0.3) is 11.5 Å². The molecule has 2 aromatic carbocycles. The van der Waals surface area contributed by atoms with Gasteiger partial charge in [-0.25, -0.2) is 0 Å². The fraction of sp³-hybridized carbons (Fsp3) is 0.484. The van der Waals surface area contributed by atoms with Crippen LogP contribution < -0.4 is 20.5 Å². The van der Waals surface area contributed by atoms with Crippen molar-refractivity contribution >= 4 is 23.2 Å². The third kappa shape index (κ3) is 6.56. The van der Waals surface area contributed by atoms with Gasteiger partial charge in [0.2, 0.25) is 0 Å². The van der Waals surface area contributed by atoms with Crippen LogP contribution in [0.2, 0.25) is 5.02 Å². The van der Waals surface area contributed by atoms with Gasteiger partial charge in [-0.2, -0.15) is 0 Å². The van der Waals surface area contributed by atoms with Crippen molar-refractivity contribution in [2.24, 2.45) is 7.05 Å². The van der Waals surface area contributed by atoms with Crippen molar-refractivity contribution < 1.29 is 9.53 Å². The molecular formula is C31H42ClN5O3. The minimum atomic E-state index is -0.233. The van der Waals surface area contributed by atoms with Crippen LogP contribution in [0, 0.1) is 13.8 Å². The standard InChI is InChI=1S/C31H42ClN5O3/c1-7-37(25-12-10-24(11-13-25)35(4)19-22-8-14-26(40-6)15-9-22)29-17-23(32)16-27(20(29)2)30(38)33-18-28-21(3)36(5)34-31(28)39/h8-9,14-17,24-25H,7,10-13,18-19H2,1-6H3,(H,33,38)(H,34,39)/t24-,25-. The number of benzene rings is 2. The Hall–Kier alpha value is -3.23. The van der Waals surface area contributed by atoms with E-state index < -0.39 is 0 Å². The van der Waals surface area contributed by atoms with Gasteiger partial charge in [0, 0.05) is 54.2 Å². The molecule has 9 heteroatoms. The lowest BCUT2D eigenvalue weighted by molar-refractivity contribution is 0.0950. The minimum absolute atomic E-state index is 0.160. The van der Waals surface area contributed by atoms with Gasteiger partial charge < -0.3 is 15.0 Å². The highest BCUT2D eigenvalue weighted by Crippen LogP contribution is 2.34. The van der Waals surface area contributed by atoms with Crippen molar-refractivity contribution in [3.8, 4) is 5.75 Å². The zero-order chi connectivity index (χ0) is 29.0. The first-order chi connectivity index (χ1) is 19.1. The number of H-pyrrole nitrogens is 1. The van der Waals surface area contributed by atoms with Crippen LogP contribution in [-0.4, -0.2) is 53.4 Å². The van der Waals surface area contributed by atoms with Crippen LogP contribution in [0.25, 0.3) is 0 Å². The van der Waals surface area contributed by atoms with Gasteiger partial charge in [-0.3, -0.25) is 24.3 Å². The minimum Gasteiger partial charge on any atom is -0.497 e. The number of nitrogens with one attached hydrogen (secondary N) is 2. The topological polar surface area (TPSA) is 82.6 Å². The van der Waals surface area contributed by atoms with Gasteiger partial charge in [-0.05, 0) is 88.9 Å². The van der Waals surface area contributed by atoms with Crippen molar-refractivity contribution in [3.63, 3.8) is 0 Å². The second-order valence-electron chi connectivity index (χ2n) is 10.9. The van der Waals surface area contributed by atoms with Crippen LogP contribution in [0.1, 0.15) is 65.3 Å². The Morgan fingerprint density at radius 3 is 2.35 bits per heavy atom. The number of anilines is 1. The number of amides is 1. The van der Waals surface area contributed by atoms with Crippen LogP contribution in [0.3, 0.4) is 0 Å². The van der Waals surface area contributed by atoms with Crippen molar-refractivity contribution in [2.75, 3.05) is 25.6 Å². The molecule has 1 heterocycles. The summed E-state index contributed by atoms with van der Waals surface area (Å²) >= 11 is 6.56. The van der Waals surface area contributed by atoms with Crippen LogP contribution in [-0.2, 0) is 20.1 Å². The summed E-state index contributed by atoms with van der Waals surface area (Å²) in [7, 11) is 5.68. The van der Waals surface area contributed by atoms with E-state index in [1.165, 1.54) is 5.56 Å². The third-order valence-corrected chi connectivity index (χ3v) is 8.69. The van der Waals surface area contributed by atoms with Crippen molar-refractivity contribution in [2.45, 2.75) is 71.6 Å². The van der Waals surface area contributed by atoms with E-state index in [2.05, 4.69) is 46.3 Å². The molecule has 1 saturated carbocycles. The predicted octanol–water partition coefficient (Wildman–Crippen LogP) is 5.19. The maximum Gasteiger partial charge on any atom is 0.269 e. The number of aryl methyl sites for hydroxylation is 1. The second kappa shape index (κ2) is 13.0. The molecule has 0 bridgehead atoms. The van der Waals surface area contributed by atoms with Gasteiger partial charge >= 0.3 is 0 Å². The maximum absolute atomic E-state index is 13.2. The molecule has 4 rings (SSSR count). The lowest BCUT2D eigenvalue weighted by Crippen LogP contribution is -2.43. The van der Waals surface area contributed by atoms with Crippen molar-refractivity contribution in [3.05, 3.63) is 79.7 Å². The molecule has 1 aliphatic rings. The van der Waals surface area contributed by atoms with E-state index in [-0.39, 0.29) is 18.0 Å². The van der Waals surface area contributed by atoms with Gasteiger partial charge in [0.05, 0.1) is 19.2 Å². The number of hydrogen-bond acceptors (Lipinski definition) is 5. The summed E-state index contributed by atoms with van der Waals surface area (Å²) in [5.41, 5.74) is 4.90. The molecule has 0 radical (unpaired) electrons. The summed E-state index contributed by atoms with van der Waals surface area (Å²) in [6, 6.07) is 12.9. The second-order valence-corrected chi connectivity index (χ2v) is 11.3. The molecule has 1 aliphatic carbocycles. The predicted molar refractivity (Wildman–Crippen MR) is 162 cm³/mol. The third-order valence-electron chi connectivity index (χ3n) is 8.47. The molecular weight excluding hydrogens is 526 g/mol. The van der Waals surface area contributed by atoms with Crippen molar-refractivity contribution in [1.82, 2.24) is 20.0 Å². The van der Waals surface area contributed by atoms with Crippen LogP contribution in [0.4, 0.5) is 5.69 Å². The van der Waals surface area contributed by atoms with E-state index in [0.717, 1.165) is 61.5 Å². The van der Waals surface area contributed by atoms with Gasteiger partial charge in [-0.15, -0.1) is 0 Å². The summed E-state index contributed by atoms with van der Waals surface area (Å²) in [6.45, 7) is 7.90. The Kier molecular flexibility index (Phi) is 9.64. The van der Waals surface area contributed by atoms with E-state index >= 15 is 0 Å². The first-order valence-corrected chi connectivity index (χ1v) is 14.4. The Balaban J connectivity index is 1.42. The molecule has 1 aromatic heterocycles. The van der Waals surface area contributed by atoms with Crippen LogP contribution in [0.5, 0.6) is 5.75 Å². The molecule has 0 unspecified atom stereocenters. The summed E-state index contributed by atoms with van der Waals surface area (Å²) in [4.78, 5) is 30.3. The average Bonchev–Trinajstić information content (AvgIpc) is 3.19. The summed E-state index contributed by atoms with van der Waals surface area (Å²) < 4.78 is 6.95. The fourth-order valence-electron chi connectivity index (χ4n) is 5.93. The first kappa shape index (κ1) is 29.7. The van der Waals surface area contributed by atoms with E-state index in [4.69, 9.17) is 16.3 Å². The molecule has 0 atom stereocenters. The SMILES string of the molecule is CCN(c1cc(Cl)cc(C(=O)NCc2c(C)n(C)[nH]c2=O)c1C)[C@H]1CC[C@H](N(C)Cc2ccc(OC)cc2)CC1. The number of carbonyl (C=O) groups excluding carboxylic acids is 1. The molecule has 0 saturated heterocycles. The zero-order valence-corrected chi connectivity index (χ0v) is 25.3. The number of halogens is 1. The molecule has 0 aliphatic heterocycles. The molecule has 216 valence electrons. The Labute approximate surface area is 242 Å². The molecule has 3 aromatic rings. The number of hydrogen-bond donors (Lipinski definition) is 2. The highest BCUT2D eigenvalue weighted by atomic mass is 35.5. The molecule has 0 spiro atoms. The van der Waals surface area contributed by atoms with E-state index in [0.29, 0.717) is 28.2 Å². The van der Waals surface area contributed by atoms with Crippen molar-refractivity contribution in [1.29, 1.82) is 0 Å². The van der Waals surface area contributed by atoms with Gasteiger partial charge in [0.15, 0.2) is 0 Å². The number of carbonyl (C=O) groups is 1. The number of aromatic nitrogens is 2. The van der Waals surface area contributed by atoms with E-state index in [9.17, 15) is 9.59 Å². The molecule has 1 fully saturated rings. The highest BCUT2D eigenvalue weighted by Gasteiger charge is 2.29. The molecule has 1 amide bonds. The lowest BCUT2D eigenvalue weighted by Gasteiger charge is -2.41. The van der Waals surface area contributed by atoms with Gasteiger partial charge in [-0.1, -0.05) is 23.7 Å². The normalized spacial score (nSPS) is 17.2. The fourth-order valence-corrected chi connectivity index (χ4v) is 6.14. The maximum atomic E-state index is 13.2. The highest BCUT2D eigenvalue weighted by molar-refractivity contribution is 6.31. The summed E-state index contributed by atoms with van der Waals surface area (Å²) in [6.07, 6.45) is 4.39. The molecule has 40 heavy (non-hydrogen) atoms. The van der Waals surface area contributed by atoms with Crippen LogP contribution >= 0.6 is 11.6 Å². The summed E-state index contributed by atoms with van der Waals surface area (Å²) in [5, 5.41) is 6.19. The Morgan fingerprint density at radius 1 is 1.12 bits per heavy atom. The largest absolute Gasteiger partial charge is 0.497 e. The number of nitrogens with zero attached hydrogens (tertiary/aromatic N) is 3. The quantitative estimate of drug-likeness (QED) is 0.352. The molecule has 8 nitrogen and oxygen atoms in total. The first-order valence-electron chi connectivity index (χ1n) is 14.1.